The highest BCUT2D eigenvalue weighted by Gasteiger charge is 2.18. The van der Waals surface area contributed by atoms with E-state index >= 15 is 0 Å². The number of unbranched alkanes of at least 4 members (excludes halogenated alkanes) is 42. The third-order valence-corrected chi connectivity index (χ3v) is 14.3. The van der Waals surface area contributed by atoms with Gasteiger partial charge in [0.2, 0.25) is 5.91 Å². The molecule has 0 rings (SSSR count). The number of rotatable bonds is 58. The average molecular weight is 997 g/mol. The molecule has 0 aromatic heterocycles. The van der Waals surface area contributed by atoms with Crippen LogP contribution in [0.3, 0.4) is 0 Å². The van der Waals surface area contributed by atoms with Gasteiger partial charge in [0.05, 0.1) is 25.4 Å². The fourth-order valence-corrected chi connectivity index (χ4v) is 9.50. The second kappa shape index (κ2) is 60.4. The van der Waals surface area contributed by atoms with Gasteiger partial charge in [-0.3, -0.25) is 9.59 Å². The molecule has 416 valence electrons. The van der Waals surface area contributed by atoms with E-state index in [2.05, 4.69) is 55.6 Å². The van der Waals surface area contributed by atoms with Crippen LogP contribution in [0.15, 0.2) is 48.6 Å². The van der Waals surface area contributed by atoms with Gasteiger partial charge in [-0.05, 0) is 89.9 Å². The number of carbonyl (C=O) groups is 2. The van der Waals surface area contributed by atoms with Crippen LogP contribution < -0.4 is 5.32 Å². The standard InChI is InChI=1S/C65H121NO5/c1-3-5-7-9-11-13-15-17-18-19-20-21-22-23-25-28-31-34-37-41-45-49-53-57-63(68)62(61-67)66-64(69)58-54-50-46-42-38-35-32-29-26-24-27-30-33-36-40-44-48-52-56-60-71-65(70)59-55-51-47-43-39-16-14-12-10-8-6-4-2/h12,14,30,33,36,40,53,57,62-63,67-68H,3-11,13,15-29,31-32,34-35,37-39,41-52,54-56,58-61H2,1-2H3,(H,66,69)/b14-12-,33-30-,40-36-,57-53+. The van der Waals surface area contributed by atoms with Crippen LogP contribution in [0.5, 0.6) is 0 Å². The van der Waals surface area contributed by atoms with E-state index in [9.17, 15) is 19.8 Å². The van der Waals surface area contributed by atoms with E-state index in [0.29, 0.717) is 19.4 Å². The van der Waals surface area contributed by atoms with Gasteiger partial charge in [0.25, 0.3) is 0 Å². The van der Waals surface area contributed by atoms with Crippen molar-refractivity contribution in [1.82, 2.24) is 5.32 Å². The van der Waals surface area contributed by atoms with Gasteiger partial charge in [0, 0.05) is 12.8 Å². The van der Waals surface area contributed by atoms with Gasteiger partial charge in [0.1, 0.15) is 0 Å². The number of nitrogens with one attached hydrogen (secondary N) is 1. The molecule has 71 heavy (non-hydrogen) atoms. The van der Waals surface area contributed by atoms with Gasteiger partial charge in [-0.25, -0.2) is 0 Å². The van der Waals surface area contributed by atoms with Crippen LogP contribution in [-0.4, -0.2) is 47.4 Å². The van der Waals surface area contributed by atoms with Crippen molar-refractivity contribution in [3.8, 4) is 0 Å². The number of aliphatic hydroxyl groups is 2. The second-order valence-corrected chi connectivity index (χ2v) is 21.4. The van der Waals surface area contributed by atoms with E-state index in [4.69, 9.17) is 4.74 Å². The predicted molar refractivity (Wildman–Crippen MR) is 310 cm³/mol. The lowest BCUT2D eigenvalue weighted by Gasteiger charge is -2.20. The van der Waals surface area contributed by atoms with Crippen molar-refractivity contribution in [1.29, 1.82) is 0 Å². The minimum absolute atomic E-state index is 0.0243. The molecular formula is C65H121NO5. The van der Waals surface area contributed by atoms with E-state index in [0.717, 1.165) is 77.0 Å². The van der Waals surface area contributed by atoms with Crippen LogP contribution in [0, 0.1) is 0 Å². The fraction of sp³-hybridized carbons (Fsp3) is 0.846. The first-order valence-corrected chi connectivity index (χ1v) is 31.4. The number of carbonyl (C=O) groups excluding carboxylic acids is 2. The predicted octanol–water partition coefficient (Wildman–Crippen LogP) is 19.7. The summed E-state index contributed by atoms with van der Waals surface area (Å²) < 4.78 is 5.44. The van der Waals surface area contributed by atoms with Gasteiger partial charge in [0.15, 0.2) is 0 Å². The summed E-state index contributed by atoms with van der Waals surface area (Å²) in [7, 11) is 0. The van der Waals surface area contributed by atoms with Crippen molar-refractivity contribution in [3.05, 3.63) is 48.6 Å². The number of hydrogen-bond acceptors (Lipinski definition) is 5. The molecule has 0 aliphatic carbocycles. The minimum Gasteiger partial charge on any atom is -0.466 e. The minimum atomic E-state index is -0.853. The Morgan fingerprint density at radius 3 is 1.11 bits per heavy atom. The normalized spacial score (nSPS) is 12.9. The molecule has 6 nitrogen and oxygen atoms in total. The van der Waals surface area contributed by atoms with Crippen molar-refractivity contribution >= 4 is 11.9 Å². The molecule has 1 amide bonds. The van der Waals surface area contributed by atoms with E-state index < -0.39 is 12.1 Å². The summed E-state index contributed by atoms with van der Waals surface area (Å²) in [6, 6.07) is -0.638. The number of hydrogen-bond donors (Lipinski definition) is 3. The number of amides is 1. The highest BCUT2D eigenvalue weighted by molar-refractivity contribution is 5.76. The summed E-state index contributed by atoms with van der Waals surface area (Å²) in [5, 5.41) is 23.2. The van der Waals surface area contributed by atoms with E-state index in [1.165, 1.54) is 225 Å². The highest BCUT2D eigenvalue weighted by Crippen LogP contribution is 2.17. The summed E-state index contributed by atoms with van der Waals surface area (Å²) in [6.07, 6.45) is 77.2. The van der Waals surface area contributed by atoms with Crippen LogP contribution in [-0.2, 0) is 14.3 Å². The molecule has 6 heteroatoms. The maximum Gasteiger partial charge on any atom is 0.305 e. The van der Waals surface area contributed by atoms with Gasteiger partial charge < -0.3 is 20.3 Å². The Balaban J connectivity index is 3.51. The molecule has 0 saturated heterocycles. The Morgan fingerprint density at radius 2 is 0.704 bits per heavy atom. The zero-order chi connectivity index (χ0) is 51.4. The van der Waals surface area contributed by atoms with Gasteiger partial charge in [-0.2, -0.15) is 0 Å². The molecule has 0 saturated carbocycles. The summed E-state index contributed by atoms with van der Waals surface area (Å²) in [6.45, 7) is 4.85. The van der Waals surface area contributed by atoms with Crippen molar-refractivity contribution < 1.29 is 24.5 Å². The first-order chi connectivity index (χ1) is 35.0. The summed E-state index contributed by atoms with van der Waals surface area (Å²) in [4.78, 5) is 24.5. The first-order valence-electron chi connectivity index (χ1n) is 31.4. The number of ether oxygens (including phenoxy) is 1. The molecule has 0 aliphatic rings. The Kier molecular flexibility index (Phi) is 58.5. The molecule has 0 heterocycles. The Bertz CT molecular complexity index is 1190. The van der Waals surface area contributed by atoms with Crippen LogP contribution in [0.1, 0.15) is 328 Å². The number of allylic oxidation sites excluding steroid dienone is 7. The number of esters is 1. The van der Waals surface area contributed by atoms with Crippen molar-refractivity contribution in [2.75, 3.05) is 13.2 Å². The molecule has 0 bridgehead atoms. The van der Waals surface area contributed by atoms with Crippen molar-refractivity contribution in [3.63, 3.8) is 0 Å². The smallest absolute Gasteiger partial charge is 0.305 e. The third-order valence-electron chi connectivity index (χ3n) is 14.3. The summed E-state index contributed by atoms with van der Waals surface area (Å²) in [5.41, 5.74) is 0. The monoisotopic (exact) mass is 996 g/mol. The number of aliphatic hydroxyl groups excluding tert-OH is 2. The third kappa shape index (κ3) is 57.0. The van der Waals surface area contributed by atoms with Gasteiger partial charge in [-0.1, -0.05) is 274 Å². The maximum atomic E-state index is 12.5. The van der Waals surface area contributed by atoms with Crippen LogP contribution in [0.2, 0.25) is 0 Å². The quantitative estimate of drug-likeness (QED) is 0.0244. The Morgan fingerprint density at radius 1 is 0.394 bits per heavy atom. The average Bonchev–Trinajstić information content (AvgIpc) is 3.37. The molecule has 3 N–H and O–H groups in total. The lowest BCUT2D eigenvalue weighted by molar-refractivity contribution is -0.143. The molecule has 0 aliphatic heterocycles. The fourth-order valence-electron chi connectivity index (χ4n) is 9.50. The van der Waals surface area contributed by atoms with E-state index in [1.807, 2.05) is 6.08 Å². The summed E-state index contributed by atoms with van der Waals surface area (Å²) >= 11 is 0. The molecular weight excluding hydrogens is 875 g/mol. The molecule has 0 fully saturated rings. The zero-order valence-corrected chi connectivity index (χ0v) is 47.5. The first kappa shape index (κ1) is 68.8. The topological polar surface area (TPSA) is 95.9 Å². The van der Waals surface area contributed by atoms with E-state index in [1.54, 1.807) is 6.08 Å². The van der Waals surface area contributed by atoms with E-state index in [-0.39, 0.29) is 18.5 Å². The Labute approximate surface area is 442 Å². The van der Waals surface area contributed by atoms with Crippen LogP contribution in [0.25, 0.3) is 0 Å². The molecule has 0 aromatic carbocycles. The SMILES string of the molecule is CCCCC/C=C\CCCCCCCC(=O)OCCCCC/C=C\C=C/CCCCCCCCCCCCC(=O)NC(CO)C(O)/C=C/CCCCCCCCCCCCCCCCCCCCCCC. The highest BCUT2D eigenvalue weighted by atomic mass is 16.5. The largest absolute Gasteiger partial charge is 0.466 e. The van der Waals surface area contributed by atoms with Crippen LogP contribution in [0.4, 0.5) is 0 Å². The molecule has 0 aromatic rings. The molecule has 0 spiro atoms. The molecule has 0 radical (unpaired) electrons. The zero-order valence-electron chi connectivity index (χ0n) is 47.5. The molecule has 2 unspecified atom stereocenters. The van der Waals surface area contributed by atoms with Gasteiger partial charge >= 0.3 is 5.97 Å². The van der Waals surface area contributed by atoms with Gasteiger partial charge in [-0.15, -0.1) is 0 Å². The van der Waals surface area contributed by atoms with Crippen molar-refractivity contribution in [2.24, 2.45) is 0 Å². The molecule has 2 atom stereocenters. The van der Waals surface area contributed by atoms with Crippen LogP contribution >= 0.6 is 0 Å². The Hall–Kier alpha value is -2.18. The second-order valence-electron chi connectivity index (χ2n) is 21.4. The lowest BCUT2D eigenvalue weighted by atomic mass is 10.0. The summed E-state index contributed by atoms with van der Waals surface area (Å²) in [5.74, 6) is -0.100. The van der Waals surface area contributed by atoms with Crippen molar-refractivity contribution in [2.45, 2.75) is 341 Å². The maximum absolute atomic E-state index is 12.5. The lowest BCUT2D eigenvalue weighted by Crippen LogP contribution is -2.45.